The first-order valence-corrected chi connectivity index (χ1v) is 9.81. The van der Waals surface area contributed by atoms with Crippen molar-refractivity contribution in [1.29, 1.82) is 0 Å². The zero-order valence-electron chi connectivity index (χ0n) is 16.9. The summed E-state index contributed by atoms with van der Waals surface area (Å²) in [7, 11) is 0. The molecule has 2 amide bonds. The van der Waals surface area contributed by atoms with Gasteiger partial charge in [0.25, 0.3) is 0 Å². The minimum atomic E-state index is -0.374. The monoisotopic (exact) mass is 401 g/mol. The average molecular weight is 401 g/mol. The number of rotatable bonds is 5. The highest BCUT2D eigenvalue weighted by Gasteiger charge is 2.35. The van der Waals surface area contributed by atoms with E-state index in [0.717, 1.165) is 22.6 Å². The summed E-state index contributed by atoms with van der Waals surface area (Å²) in [4.78, 5) is 35.0. The Hall–Kier alpha value is -3.74. The number of hydrogen-bond donors (Lipinski definition) is 2. The number of hydrogen-bond acceptors (Lipinski definition) is 5. The van der Waals surface area contributed by atoms with Gasteiger partial charge in [-0.1, -0.05) is 17.7 Å². The fourth-order valence-electron chi connectivity index (χ4n) is 3.41. The van der Waals surface area contributed by atoms with Crippen LogP contribution in [0.15, 0.2) is 60.9 Å². The molecule has 0 saturated carbocycles. The lowest BCUT2D eigenvalue weighted by Crippen LogP contribution is -2.28. The van der Waals surface area contributed by atoms with Gasteiger partial charge >= 0.3 is 0 Å². The summed E-state index contributed by atoms with van der Waals surface area (Å²) in [6.45, 7) is 4.29. The molecule has 1 unspecified atom stereocenters. The summed E-state index contributed by atoms with van der Waals surface area (Å²) >= 11 is 0. The first-order chi connectivity index (χ1) is 14.5. The smallest absolute Gasteiger partial charge is 0.229 e. The average Bonchev–Trinajstić information content (AvgIpc) is 3.12. The Bertz CT molecular complexity index is 1060. The van der Waals surface area contributed by atoms with Gasteiger partial charge < -0.3 is 15.5 Å². The number of carbonyl (C=O) groups excluding carboxylic acids is 2. The van der Waals surface area contributed by atoms with Gasteiger partial charge in [0.2, 0.25) is 11.8 Å². The van der Waals surface area contributed by atoms with Crippen LogP contribution < -0.4 is 15.5 Å². The van der Waals surface area contributed by atoms with Gasteiger partial charge in [0.1, 0.15) is 12.1 Å². The van der Waals surface area contributed by atoms with E-state index in [2.05, 4.69) is 20.6 Å². The van der Waals surface area contributed by atoms with Gasteiger partial charge in [-0.2, -0.15) is 0 Å². The Morgan fingerprint density at radius 3 is 2.40 bits per heavy atom. The predicted molar refractivity (Wildman–Crippen MR) is 117 cm³/mol. The van der Waals surface area contributed by atoms with Crippen molar-refractivity contribution in [3.8, 4) is 0 Å². The zero-order valence-corrected chi connectivity index (χ0v) is 16.9. The van der Waals surface area contributed by atoms with Crippen LogP contribution in [0.3, 0.4) is 0 Å². The summed E-state index contributed by atoms with van der Waals surface area (Å²) in [6.07, 6.45) is 1.72. The Balaban J connectivity index is 1.37. The van der Waals surface area contributed by atoms with Crippen molar-refractivity contribution in [3.63, 3.8) is 0 Å². The highest BCUT2D eigenvalue weighted by molar-refractivity contribution is 6.03. The number of aromatic nitrogens is 2. The molecule has 2 N–H and O–H groups in total. The molecule has 2 heterocycles. The van der Waals surface area contributed by atoms with E-state index in [1.165, 1.54) is 6.33 Å². The van der Waals surface area contributed by atoms with Crippen LogP contribution in [0.1, 0.15) is 17.7 Å². The normalized spacial score (nSPS) is 15.9. The fraction of sp³-hybridized carbons (Fsp3) is 0.217. The predicted octanol–water partition coefficient (Wildman–Crippen LogP) is 3.83. The quantitative estimate of drug-likeness (QED) is 0.678. The minimum Gasteiger partial charge on any atom is -0.340 e. The highest BCUT2D eigenvalue weighted by Crippen LogP contribution is 2.26. The van der Waals surface area contributed by atoms with Crippen LogP contribution in [0.5, 0.6) is 0 Å². The van der Waals surface area contributed by atoms with E-state index in [1.54, 1.807) is 4.90 Å². The zero-order chi connectivity index (χ0) is 21.1. The number of amides is 2. The maximum atomic E-state index is 12.7. The second-order valence-corrected chi connectivity index (χ2v) is 7.48. The first kappa shape index (κ1) is 19.6. The van der Waals surface area contributed by atoms with E-state index in [1.807, 2.05) is 68.4 Å². The number of aryl methyl sites for hydroxylation is 2. The van der Waals surface area contributed by atoms with E-state index in [0.29, 0.717) is 18.1 Å². The van der Waals surface area contributed by atoms with Crippen LogP contribution >= 0.6 is 0 Å². The molecular formula is C23H23N5O2. The molecule has 4 rings (SSSR count). The lowest BCUT2D eigenvalue weighted by Gasteiger charge is -2.17. The van der Waals surface area contributed by atoms with Crippen molar-refractivity contribution in [2.24, 2.45) is 5.92 Å². The number of nitrogens with zero attached hydrogens (tertiary/aromatic N) is 3. The maximum absolute atomic E-state index is 12.7. The number of nitrogens with one attached hydrogen (secondary N) is 2. The second-order valence-electron chi connectivity index (χ2n) is 7.48. The number of benzene rings is 2. The van der Waals surface area contributed by atoms with Gasteiger partial charge in [0.05, 0.1) is 5.92 Å². The summed E-state index contributed by atoms with van der Waals surface area (Å²) in [5.74, 6) is 0.157. The van der Waals surface area contributed by atoms with Gasteiger partial charge in [0, 0.05) is 41.8 Å². The Kier molecular flexibility index (Phi) is 5.43. The minimum absolute atomic E-state index is 0.0290. The third-order valence-electron chi connectivity index (χ3n) is 5.07. The largest absolute Gasteiger partial charge is 0.340 e. The van der Waals surface area contributed by atoms with Gasteiger partial charge in [-0.05, 0) is 50.2 Å². The Labute approximate surface area is 175 Å². The molecule has 0 spiro atoms. The van der Waals surface area contributed by atoms with E-state index in [4.69, 9.17) is 0 Å². The topological polar surface area (TPSA) is 87.2 Å². The highest BCUT2D eigenvalue weighted by atomic mass is 16.2. The van der Waals surface area contributed by atoms with Crippen molar-refractivity contribution < 1.29 is 9.59 Å². The molecule has 1 aliphatic heterocycles. The molecule has 1 aliphatic rings. The molecule has 1 saturated heterocycles. The molecule has 0 radical (unpaired) electrons. The third-order valence-corrected chi connectivity index (χ3v) is 5.07. The Morgan fingerprint density at radius 2 is 1.70 bits per heavy atom. The molecule has 7 heteroatoms. The molecule has 0 aliphatic carbocycles. The van der Waals surface area contributed by atoms with Crippen molar-refractivity contribution in [3.05, 3.63) is 72.2 Å². The number of anilines is 4. The van der Waals surface area contributed by atoms with Crippen molar-refractivity contribution in [1.82, 2.24) is 9.97 Å². The van der Waals surface area contributed by atoms with Gasteiger partial charge in [-0.15, -0.1) is 0 Å². The van der Waals surface area contributed by atoms with Gasteiger partial charge in [0.15, 0.2) is 0 Å². The van der Waals surface area contributed by atoms with Crippen LogP contribution in [0.25, 0.3) is 0 Å². The van der Waals surface area contributed by atoms with E-state index < -0.39 is 0 Å². The summed E-state index contributed by atoms with van der Waals surface area (Å²) in [5, 5.41) is 6.11. The fourth-order valence-corrected chi connectivity index (χ4v) is 3.41. The lowest BCUT2D eigenvalue weighted by atomic mass is 10.1. The third kappa shape index (κ3) is 4.46. The van der Waals surface area contributed by atoms with Gasteiger partial charge in [-0.25, -0.2) is 9.97 Å². The van der Waals surface area contributed by atoms with Crippen LogP contribution in [-0.2, 0) is 9.59 Å². The van der Waals surface area contributed by atoms with Crippen LogP contribution in [0.2, 0.25) is 0 Å². The van der Waals surface area contributed by atoms with Crippen molar-refractivity contribution >= 4 is 34.7 Å². The van der Waals surface area contributed by atoms with E-state index in [9.17, 15) is 9.59 Å². The molecule has 3 aromatic rings. The SMILES string of the molecule is Cc1ccc(N2CC(C(=O)Nc3ccc(Nc4cc(C)ncn4)cc3)CC2=O)cc1. The molecule has 1 atom stereocenters. The van der Waals surface area contributed by atoms with E-state index in [-0.39, 0.29) is 24.2 Å². The van der Waals surface area contributed by atoms with Crippen LogP contribution in [0.4, 0.5) is 22.9 Å². The van der Waals surface area contributed by atoms with Crippen LogP contribution in [-0.4, -0.2) is 28.3 Å². The Morgan fingerprint density at radius 1 is 1.00 bits per heavy atom. The lowest BCUT2D eigenvalue weighted by molar-refractivity contribution is -0.122. The number of carbonyl (C=O) groups is 2. The van der Waals surface area contributed by atoms with Crippen molar-refractivity contribution in [2.75, 3.05) is 22.1 Å². The molecule has 2 aromatic carbocycles. The molecule has 152 valence electrons. The van der Waals surface area contributed by atoms with Crippen LogP contribution in [0, 0.1) is 19.8 Å². The van der Waals surface area contributed by atoms with Crippen molar-refractivity contribution in [2.45, 2.75) is 20.3 Å². The van der Waals surface area contributed by atoms with Gasteiger partial charge in [-0.3, -0.25) is 9.59 Å². The summed E-state index contributed by atoms with van der Waals surface area (Å²) in [6, 6.07) is 17.0. The second kappa shape index (κ2) is 8.32. The van der Waals surface area contributed by atoms with E-state index >= 15 is 0 Å². The molecule has 1 fully saturated rings. The maximum Gasteiger partial charge on any atom is 0.229 e. The molecule has 30 heavy (non-hydrogen) atoms. The first-order valence-electron chi connectivity index (χ1n) is 9.81. The molecular weight excluding hydrogens is 378 g/mol. The summed E-state index contributed by atoms with van der Waals surface area (Å²) < 4.78 is 0. The standard InChI is InChI=1S/C23H23N5O2/c1-15-3-9-20(10-4-15)28-13-17(12-22(28)29)23(30)27-19-7-5-18(6-8-19)26-21-11-16(2)24-14-25-21/h3-11,14,17H,12-13H2,1-2H3,(H,27,30)(H,24,25,26). The summed E-state index contributed by atoms with van der Waals surface area (Å²) in [5.41, 5.74) is 4.38. The molecule has 0 bridgehead atoms. The molecule has 1 aromatic heterocycles. The molecule has 7 nitrogen and oxygen atoms in total.